The van der Waals surface area contributed by atoms with Crippen LogP contribution in [0.25, 0.3) is 0 Å². The molecule has 0 saturated carbocycles. The smallest absolute Gasteiger partial charge is 0.155 e. The minimum absolute atomic E-state index is 0.0379. The highest BCUT2D eigenvalue weighted by molar-refractivity contribution is 7.07. The zero-order valence-corrected chi connectivity index (χ0v) is 7.10. The van der Waals surface area contributed by atoms with E-state index in [0.29, 0.717) is 6.42 Å². The first kappa shape index (κ1) is 8.36. The fourth-order valence-corrected chi connectivity index (χ4v) is 1.22. The Hall–Kier alpha value is -0.740. The molecule has 2 N–H and O–H groups in total. The summed E-state index contributed by atoms with van der Waals surface area (Å²) in [5.41, 5.74) is 7.91. The fourth-order valence-electron chi connectivity index (χ4n) is 0.664. The first-order chi connectivity index (χ1) is 5.20. The van der Waals surface area contributed by atoms with Crippen LogP contribution in [0.4, 0.5) is 0 Å². The topological polar surface area (TPSA) is 56.0 Å². The lowest BCUT2D eigenvalue weighted by molar-refractivity contribution is -0.119. The van der Waals surface area contributed by atoms with Gasteiger partial charge in [-0.1, -0.05) is 0 Å². The summed E-state index contributed by atoms with van der Waals surface area (Å²) in [6.45, 7) is 1.69. The van der Waals surface area contributed by atoms with Gasteiger partial charge in [0.2, 0.25) is 0 Å². The van der Waals surface area contributed by atoms with Crippen LogP contribution in [0.15, 0.2) is 10.9 Å². The monoisotopic (exact) mass is 170 g/mol. The van der Waals surface area contributed by atoms with Gasteiger partial charge in [-0.3, -0.25) is 4.79 Å². The van der Waals surface area contributed by atoms with Crippen LogP contribution in [-0.4, -0.2) is 16.8 Å². The van der Waals surface area contributed by atoms with Crippen molar-refractivity contribution in [2.45, 2.75) is 19.4 Å². The second-order valence-electron chi connectivity index (χ2n) is 2.41. The van der Waals surface area contributed by atoms with Crippen LogP contribution in [0, 0.1) is 0 Å². The van der Waals surface area contributed by atoms with Crippen LogP contribution in [0.1, 0.15) is 12.6 Å². The van der Waals surface area contributed by atoms with E-state index in [2.05, 4.69) is 4.98 Å². The molecule has 0 fully saturated rings. The van der Waals surface area contributed by atoms with Gasteiger partial charge in [-0.2, -0.15) is 0 Å². The van der Waals surface area contributed by atoms with Crippen molar-refractivity contribution in [1.82, 2.24) is 4.98 Å². The summed E-state index contributed by atoms with van der Waals surface area (Å²) in [7, 11) is 0. The highest BCUT2D eigenvalue weighted by Crippen LogP contribution is 2.02. The van der Waals surface area contributed by atoms with Gasteiger partial charge in [-0.25, -0.2) is 4.98 Å². The van der Waals surface area contributed by atoms with E-state index < -0.39 is 0 Å². The van der Waals surface area contributed by atoms with E-state index in [-0.39, 0.29) is 11.8 Å². The molecule has 0 spiro atoms. The zero-order valence-electron chi connectivity index (χ0n) is 6.28. The maximum atomic E-state index is 11.0. The number of thiazole rings is 1. The second kappa shape index (κ2) is 3.59. The number of aromatic nitrogens is 1. The third-order valence-corrected chi connectivity index (χ3v) is 1.98. The lowest BCUT2D eigenvalue weighted by atomic mass is 10.1. The predicted molar refractivity (Wildman–Crippen MR) is 44.5 cm³/mol. The van der Waals surface area contributed by atoms with Crippen LogP contribution >= 0.6 is 11.3 Å². The van der Waals surface area contributed by atoms with Gasteiger partial charge in [0.25, 0.3) is 0 Å². The molecule has 1 aromatic heterocycles. The van der Waals surface area contributed by atoms with Gasteiger partial charge in [0.1, 0.15) is 0 Å². The maximum absolute atomic E-state index is 11.0. The molecule has 1 aromatic rings. The van der Waals surface area contributed by atoms with Gasteiger partial charge in [0, 0.05) is 5.38 Å². The standard InChI is InChI=1S/C7H10N2OS/c1-5(8)7(10)2-6-3-11-4-9-6/h3-5H,2,8H2,1H3. The van der Waals surface area contributed by atoms with Crippen LogP contribution in [-0.2, 0) is 11.2 Å². The maximum Gasteiger partial charge on any atom is 0.155 e. The third-order valence-electron chi connectivity index (χ3n) is 1.35. The van der Waals surface area contributed by atoms with E-state index in [1.807, 2.05) is 5.38 Å². The second-order valence-corrected chi connectivity index (χ2v) is 3.13. The van der Waals surface area contributed by atoms with Crippen LogP contribution in [0.3, 0.4) is 0 Å². The molecule has 4 heteroatoms. The summed E-state index contributed by atoms with van der Waals surface area (Å²) < 4.78 is 0. The summed E-state index contributed by atoms with van der Waals surface area (Å²) in [5, 5.41) is 1.86. The molecular formula is C7H10N2OS. The van der Waals surface area contributed by atoms with Gasteiger partial charge < -0.3 is 5.73 Å². The van der Waals surface area contributed by atoms with Crippen molar-refractivity contribution < 1.29 is 4.79 Å². The summed E-state index contributed by atoms with van der Waals surface area (Å²) in [6.07, 6.45) is 0.362. The molecule has 3 nitrogen and oxygen atoms in total. The summed E-state index contributed by atoms with van der Waals surface area (Å²) in [4.78, 5) is 15.0. The van der Waals surface area contributed by atoms with Gasteiger partial charge in [0.15, 0.2) is 5.78 Å². The summed E-state index contributed by atoms with van der Waals surface area (Å²) in [5.74, 6) is 0.0379. The molecule has 0 aliphatic heterocycles. The number of Topliss-reactive ketones (excluding diaryl/α,β-unsaturated/α-hetero) is 1. The van der Waals surface area contributed by atoms with E-state index in [9.17, 15) is 4.79 Å². The third kappa shape index (κ3) is 2.40. The van der Waals surface area contributed by atoms with Gasteiger partial charge in [0.05, 0.1) is 23.7 Å². The van der Waals surface area contributed by atoms with Crippen molar-refractivity contribution in [2.75, 3.05) is 0 Å². The highest BCUT2D eigenvalue weighted by atomic mass is 32.1. The van der Waals surface area contributed by atoms with Gasteiger partial charge >= 0.3 is 0 Å². The van der Waals surface area contributed by atoms with E-state index >= 15 is 0 Å². The Morgan fingerprint density at radius 2 is 2.64 bits per heavy atom. The van der Waals surface area contributed by atoms with Crippen LogP contribution < -0.4 is 5.73 Å². The Morgan fingerprint density at radius 1 is 1.91 bits per heavy atom. The van der Waals surface area contributed by atoms with E-state index in [1.165, 1.54) is 11.3 Å². The molecule has 1 rings (SSSR count). The molecule has 0 saturated heterocycles. The number of carbonyl (C=O) groups excluding carboxylic acids is 1. The van der Waals surface area contributed by atoms with Crippen LogP contribution in [0.2, 0.25) is 0 Å². The Bertz CT molecular complexity index is 231. The highest BCUT2D eigenvalue weighted by Gasteiger charge is 2.08. The number of hydrogen-bond acceptors (Lipinski definition) is 4. The number of nitrogens with two attached hydrogens (primary N) is 1. The molecule has 0 radical (unpaired) electrons. The van der Waals surface area contributed by atoms with Crippen molar-refractivity contribution in [3.8, 4) is 0 Å². The average molecular weight is 170 g/mol. The lowest BCUT2D eigenvalue weighted by Crippen LogP contribution is -2.28. The number of hydrogen-bond donors (Lipinski definition) is 1. The summed E-state index contributed by atoms with van der Waals surface area (Å²) in [6, 6.07) is -0.378. The number of ketones is 1. The molecular weight excluding hydrogens is 160 g/mol. The largest absolute Gasteiger partial charge is 0.322 e. The van der Waals surface area contributed by atoms with Crippen molar-refractivity contribution >= 4 is 17.1 Å². The molecule has 0 amide bonds. The van der Waals surface area contributed by atoms with E-state index in [0.717, 1.165) is 5.69 Å². The van der Waals surface area contributed by atoms with Gasteiger partial charge in [-0.15, -0.1) is 11.3 Å². The number of rotatable bonds is 3. The quantitative estimate of drug-likeness (QED) is 0.722. The predicted octanol–water partition coefficient (Wildman–Crippen LogP) is 0.602. The molecule has 0 aliphatic carbocycles. The fraction of sp³-hybridized carbons (Fsp3) is 0.429. The Morgan fingerprint density at radius 3 is 3.09 bits per heavy atom. The van der Waals surface area contributed by atoms with Crippen molar-refractivity contribution in [2.24, 2.45) is 5.73 Å². The Kier molecular flexibility index (Phi) is 2.73. The molecule has 1 atom stereocenters. The molecule has 1 heterocycles. The van der Waals surface area contributed by atoms with Crippen molar-refractivity contribution in [1.29, 1.82) is 0 Å². The molecule has 0 aromatic carbocycles. The first-order valence-electron chi connectivity index (χ1n) is 3.35. The average Bonchev–Trinajstić information content (AvgIpc) is 2.39. The van der Waals surface area contributed by atoms with Crippen molar-refractivity contribution in [3.05, 3.63) is 16.6 Å². The minimum atomic E-state index is -0.378. The number of nitrogens with zero attached hydrogens (tertiary/aromatic N) is 1. The normalized spacial score (nSPS) is 12.9. The molecule has 60 valence electrons. The van der Waals surface area contributed by atoms with E-state index in [4.69, 9.17) is 5.73 Å². The Labute approximate surface area is 69.3 Å². The van der Waals surface area contributed by atoms with Gasteiger partial charge in [-0.05, 0) is 6.92 Å². The molecule has 0 bridgehead atoms. The number of carbonyl (C=O) groups is 1. The first-order valence-corrected chi connectivity index (χ1v) is 4.30. The Balaban J connectivity index is 2.50. The van der Waals surface area contributed by atoms with Crippen molar-refractivity contribution in [3.63, 3.8) is 0 Å². The van der Waals surface area contributed by atoms with Crippen LogP contribution in [0.5, 0.6) is 0 Å². The molecule has 11 heavy (non-hydrogen) atoms. The molecule has 1 unspecified atom stereocenters. The molecule has 0 aliphatic rings. The zero-order chi connectivity index (χ0) is 8.27. The SMILES string of the molecule is CC(N)C(=O)Cc1cscn1. The minimum Gasteiger partial charge on any atom is -0.322 e. The summed E-state index contributed by atoms with van der Waals surface area (Å²) >= 11 is 1.49. The van der Waals surface area contributed by atoms with E-state index in [1.54, 1.807) is 12.4 Å². The lowest BCUT2D eigenvalue weighted by Gasteiger charge is -2.00.